The van der Waals surface area contributed by atoms with Gasteiger partial charge in [0.15, 0.2) is 18.2 Å². The number of ketones is 1. The van der Waals surface area contributed by atoms with Gasteiger partial charge < -0.3 is 5.11 Å². The molecule has 0 amide bonds. The third kappa shape index (κ3) is 2.05. The molecular formula is C4H6O3. The zero-order chi connectivity index (χ0) is 5.86. The van der Waals surface area contributed by atoms with Crippen LogP contribution in [0.1, 0.15) is 6.92 Å². The summed E-state index contributed by atoms with van der Waals surface area (Å²) in [5, 5.41) is 8.22. The molecule has 0 aromatic rings. The molecule has 0 aliphatic carbocycles. The Balaban J connectivity index is 3.55. The molecule has 0 bridgehead atoms. The van der Waals surface area contributed by atoms with Crippen LogP contribution in [0.2, 0.25) is 0 Å². The highest BCUT2D eigenvalue weighted by Crippen LogP contribution is 1.74. The Morgan fingerprint density at radius 3 is 2.29 bits per heavy atom. The second-order valence-electron chi connectivity index (χ2n) is 1.19. The minimum absolute atomic E-state index is 0.197. The highest BCUT2D eigenvalue weighted by Gasteiger charge is 2.04. The third-order valence-corrected chi connectivity index (χ3v) is 0.545. The normalized spacial score (nSPS) is 12.9. The lowest BCUT2D eigenvalue weighted by atomic mass is 10.3. The first-order chi connectivity index (χ1) is 3.18. The molecule has 3 heteroatoms. The predicted molar refractivity (Wildman–Crippen MR) is 22.8 cm³/mol. The molecule has 0 aromatic carbocycles. The van der Waals surface area contributed by atoms with Gasteiger partial charge in [-0.25, -0.2) is 0 Å². The summed E-state index contributed by atoms with van der Waals surface area (Å²) < 4.78 is 0. The van der Waals surface area contributed by atoms with Gasteiger partial charge in [-0.2, -0.15) is 0 Å². The molecule has 1 unspecified atom stereocenters. The minimum atomic E-state index is -1.42. The standard InChI is InChI=1S/C4H6O3/c1-3(6)4(7)2-5/h2,4,7H,1H3. The van der Waals surface area contributed by atoms with Crippen LogP contribution in [0.3, 0.4) is 0 Å². The average Bonchev–Trinajstić information content (AvgIpc) is 1.65. The number of carbonyl (C=O) groups excluding carboxylic acids is 2. The molecule has 0 aromatic heterocycles. The summed E-state index contributed by atoms with van der Waals surface area (Å²) in [5.74, 6) is -0.519. The smallest absolute Gasteiger partial charge is 0.167 e. The van der Waals surface area contributed by atoms with Crippen molar-refractivity contribution in [3.8, 4) is 0 Å². The Labute approximate surface area is 41.0 Å². The van der Waals surface area contributed by atoms with E-state index in [0.29, 0.717) is 0 Å². The number of aldehydes is 1. The van der Waals surface area contributed by atoms with Crippen molar-refractivity contribution < 1.29 is 14.7 Å². The quantitative estimate of drug-likeness (QED) is 0.364. The van der Waals surface area contributed by atoms with Gasteiger partial charge in [-0.3, -0.25) is 9.59 Å². The van der Waals surface area contributed by atoms with Crippen LogP contribution >= 0.6 is 0 Å². The van der Waals surface area contributed by atoms with Crippen LogP contribution in [0, 0.1) is 0 Å². The fourth-order valence-corrected chi connectivity index (χ4v) is 0.0958. The molecule has 0 spiro atoms. The van der Waals surface area contributed by atoms with E-state index in [2.05, 4.69) is 0 Å². The highest BCUT2D eigenvalue weighted by atomic mass is 16.3. The maximum atomic E-state index is 9.89. The Morgan fingerprint density at radius 1 is 1.86 bits per heavy atom. The summed E-state index contributed by atoms with van der Waals surface area (Å²) in [7, 11) is 0. The monoisotopic (exact) mass is 102 g/mol. The molecular weight excluding hydrogens is 96.0 g/mol. The molecule has 0 fully saturated rings. The number of rotatable bonds is 2. The Morgan fingerprint density at radius 2 is 2.29 bits per heavy atom. The van der Waals surface area contributed by atoms with Crippen molar-refractivity contribution in [2.75, 3.05) is 0 Å². The van der Waals surface area contributed by atoms with Crippen LogP contribution in [0.25, 0.3) is 0 Å². The molecule has 3 nitrogen and oxygen atoms in total. The fourth-order valence-electron chi connectivity index (χ4n) is 0.0958. The Bertz CT molecular complexity index is 86.9. The highest BCUT2D eigenvalue weighted by molar-refractivity contribution is 5.93. The van der Waals surface area contributed by atoms with E-state index < -0.39 is 11.9 Å². The first-order valence-corrected chi connectivity index (χ1v) is 1.82. The van der Waals surface area contributed by atoms with Gasteiger partial charge in [-0.1, -0.05) is 0 Å². The first-order valence-electron chi connectivity index (χ1n) is 1.82. The van der Waals surface area contributed by atoms with Gasteiger partial charge in [-0.05, 0) is 6.92 Å². The van der Waals surface area contributed by atoms with Gasteiger partial charge in [0.25, 0.3) is 0 Å². The van der Waals surface area contributed by atoms with Crippen molar-refractivity contribution in [1.29, 1.82) is 0 Å². The van der Waals surface area contributed by atoms with Gasteiger partial charge in [0.1, 0.15) is 0 Å². The van der Waals surface area contributed by atoms with E-state index in [-0.39, 0.29) is 6.29 Å². The van der Waals surface area contributed by atoms with Gasteiger partial charge >= 0.3 is 0 Å². The minimum Gasteiger partial charge on any atom is -0.378 e. The zero-order valence-electron chi connectivity index (χ0n) is 3.92. The largest absolute Gasteiger partial charge is 0.378 e. The van der Waals surface area contributed by atoms with E-state index in [4.69, 9.17) is 5.11 Å². The summed E-state index contributed by atoms with van der Waals surface area (Å²) in [6.07, 6.45) is -1.22. The molecule has 0 rings (SSSR count). The van der Waals surface area contributed by atoms with Crippen LogP contribution in [-0.4, -0.2) is 23.3 Å². The van der Waals surface area contributed by atoms with E-state index in [0.717, 1.165) is 6.92 Å². The average molecular weight is 102 g/mol. The summed E-state index contributed by atoms with van der Waals surface area (Å²) >= 11 is 0. The number of carbonyl (C=O) groups is 2. The zero-order valence-corrected chi connectivity index (χ0v) is 3.92. The molecule has 1 N–H and O–H groups in total. The van der Waals surface area contributed by atoms with E-state index in [1.165, 1.54) is 0 Å². The van der Waals surface area contributed by atoms with Gasteiger partial charge in [0.05, 0.1) is 0 Å². The molecule has 0 saturated carbocycles. The molecule has 7 heavy (non-hydrogen) atoms. The number of hydrogen-bond acceptors (Lipinski definition) is 3. The first kappa shape index (κ1) is 6.30. The summed E-state index contributed by atoms with van der Waals surface area (Å²) in [6, 6.07) is 0. The van der Waals surface area contributed by atoms with Gasteiger partial charge in [0.2, 0.25) is 0 Å². The number of aliphatic hydroxyl groups excluding tert-OH is 1. The van der Waals surface area contributed by atoms with Crippen LogP contribution in [0.4, 0.5) is 0 Å². The molecule has 1 atom stereocenters. The lowest BCUT2D eigenvalue weighted by Gasteiger charge is -1.89. The lowest BCUT2D eigenvalue weighted by molar-refractivity contribution is -0.130. The van der Waals surface area contributed by atoms with Crippen molar-refractivity contribution in [3.05, 3.63) is 0 Å². The molecule has 40 valence electrons. The van der Waals surface area contributed by atoms with Crippen molar-refractivity contribution in [2.45, 2.75) is 13.0 Å². The molecule has 0 saturated heterocycles. The van der Waals surface area contributed by atoms with E-state index in [1.807, 2.05) is 0 Å². The van der Waals surface area contributed by atoms with Crippen LogP contribution in [0.5, 0.6) is 0 Å². The number of aliphatic hydroxyl groups is 1. The van der Waals surface area contributed by atoms with E-state index in [1.54, 1.807) is 0 Å². The third-order valence-electron chi connectivity index (χ3n) is 0.545. The van der Waals surface area contributed by atoms with Crippen molar-refractivity contribution in [3.63, 3.8) is 0 Å². The van der Waals surface area contributed by atoms with Crippen molar-refractivity contribution in [2.24, 2.45) is 0 Å². The Kier molecular flexibility index (Phi) is 2.22. The molecule has 0 aliphatic heterocycles. The fraction of sp³-hybridized carbons (Fsp3) is 0.500. The van der Waals surface area contributed by atoms with Crippen molar-refractivity contribution >= 4 is 12.1 Å². The topological polar surface area (TPSA) is 54.4 Å². The number of hydrogen-bond donors (Lipinski definition) is 1. The van der Waals surface area contributed by atoms with Crippen LogP contribution < -0.4 is 0 Å². The van der Waals surface area contributed by atoms with E-state index >= 15 is 0 Å². The van der Waals surface area contributed by atoms with E-state index in [9.17, 15) is 9.59 Å². The summed E-state index contributed by atoms with van der Waals surface area (Å²) in [6.45, 7) is 1.15. The second-order valence-corrected chi connectivity index (χ2v) is 1.19. The summed E-state index contributed by atoms with van der Waals surface area (Å²) in [5.41, 5.74) is 0. The second kappa shape index (κ2) is 2.47. The van der Waals surface area contributed by atoms with Gasteiger partial charge in [0, 0.05) is 0 Å². The molecule has 0 radical (unpaired) electrons. The van der Waals surface area contributed by atoms with Crippen molar-refractivity contribution in [1.82, 2.24) is 0 Å². The predicted octanol–water partition coefficient (Wildman–Crippen LogP) is -0.865. The summed E-state index contributed by atoms with van der Waals surface area (Å²) in [4.78, 5) is 19.4. The van der Waals surface area contributed by atoms with Crippen LogP contribution in [0.15, 0.2) is 0 Å². The number of Topliss-reactive ketones (excluding diaryl/α,β-unsaturated/α-hetero) is 1. The maximum Gasteiger partial charge on any atom is 0.167 e. The SMILES string of the molecule is CC(=O)C(O)C=O. The van der Waals surface area contributed by atoms with Gasteiger partial charge in [-0.15, -0.1) is 0 Å². The maximum absolute atomic E-state index is 9.89. The van der Waals surface area contributed by atoms with Crippen LogP contribution in [-0.2, 0) is 9.59 Å². The lowest BCUT2D eigenvalue weighted by Crippen LogP contribution is -2.17. The molecule has 0 aliphatic rings. The Hall–Kier alpha value is -0.700. The molecule has 0 heterocycles.